The van der Waals surface area contributed by atoms with Gasteiger partial charge in [0.15, 0.2) is 0 Å². The second-order valence-electron chi connectivity index (χ2n) is 9.23. The minimum absolute atomic E-state index is 0.0662. The molecule has 0 aromatic rings. The zero-order valence-corrected chi connectivity index (χ0v) is 15.5. The van der Waals surface area contributed by atoms with Crippen molar-refractivity contribution in [2.24, 2.45) is 29.6 Å². The predicted molar refractivity (Wildman–Crippen MR) is 96.0 cm³/mol. The van der Waals surface area contributed by atoms with E-state index in [2.05, 4.69) is 12.2 Å². The van der Waals surface area contributed by atoms with Crippen LogP contribution in [0.4, 0.5) is 0 Å². The maximum absolute atomic E-state index is 13.3. The van der Waals surface area contributed by atoms with E-state index < -0.39 is 12.0 Å². The van der Waals surface area contributed by atoms with Crippen molar-refractivity contribution < 1.29 is 14.7 Å². The molecular weight excluding hydrogens is 314 g/mol. The lowest BCUT2D eigenvalue weighted by atomic mass is 9.56. The second-order valence-corrected chi connectivity index (χ2v) is 9.23. The first-order valence-corrected chi connectivity index (χ1v) is 10.6. The highest BCUT2D eigenvalue weighted by Crippen LogP contribution is 2.46. The summed E-state index contributed by atoms with van der Waals surface area (Å²) in [6.45, 7) is 2.32. The van der Waals surface area contributed by atoms with E-state index in [1.54, 1.807) is 0 Å². The summed E-state index contributed by atoms with van der Waals surface area (Å²) < 4.78 is 0. The number of hydrogen-bond acceptors (Lipinski definition) is 4. The lowest BCUT2D eigenvalue weighted by Crippen LogP contribution is -2.62. The fourth-order valence-corrected chi connectivity index (χ4v) is 6.16. The summed E-state index contributed by atoms with van der Waals surface area (Å²) >= 11 is 0. The third kappa shape index (κ3) is 3.21. The van der Waals surface area contributed by atoms with E-state index in [1.807, 2.05) is 0 Å². The molecule has 140 valence electrons. The lowest BCUT2D eigenvalue weighted by Gasteiger charge is -2.49. The Bertz CT molecular complexity index is 525. The standard InChI is InChI=1S/C21H33NO3/c1-12-6-8-13(9-7-12)22-16-10-11-17(23)19-18(16)20(24)14-4-2-3-5-15(14)21(19)25/h12-19,22-23H,2-11H2,1H3. The summed E-state index contributed by atoms with van der Waals surface area (Å²) in [5, 5.41) is 14.3. The minimum Gasteiger partial charge on any atom is -0.392 e. The molecule has 25 heavy (non-hydrogen) atoms. The number of ketones is 2. The SMILES string of the molecule is CC1CCC(NC2CCC(O)C3C(=O)C4CCCCC4C(=O)C23)CC1. The van der Waals surface area contributed by atoms with Crippen LogP contribution in [0.2, 0.25) is 0 Å². The number of nitrogens with one attached hydrogen (secondary N) is 1. The molecule has 4 nitrogen and oxygen atoms in total. The molecule has 0 spiro atoms. The zero-order valence-electron chi connectivity index (χ0n) is 15.5. The first-order chi connectivity index (χ1) is 12.1. The predicted octanol–water partition coefficient (Wildman–Crippen LogP) is 2.87. The van der Waals surface area contributed by atoms with Gasteiger partial charge in [0.1, 0.15) is 11.6 Å². The number of aliphatic hydroxyl groups excluding tert-OH is 1. The number of rotatable bonds is 2. The van der Waals surface area contributed by atoms with E-state index in [0.717, 1.165) is 38.0 Å². The number of fused-ring (bicyclic) bond motifs is 2. The highest BCUT2D eigenvalue weighted by molar-refractivity contribution is 6.00. The van der Waals surface area contributed by atoms with Gasteiger partial charge in [-0.3, -0.25) is 9.59 Å². The highest BCUT2D eigenvalue weighted by Gasteiger charge is 2.56. The molecule has 4 fully saturated rings. The fraction of sp³-hybridized carbons (Fsp3) is 0.905. The quantitative estimate of drug-likeness (QED) is 0.806. The number of hydrogen-bond donors (Lipinski definition) is 2. The van der Waals surface area contributed by atoms with Gasteiger partial charge in [-0.05, 0) is 57.3 Å². The van der Waals surface area contributed by atoms with Gasteiger partial charge in [0.05, 0.1) is 12.0 Å². The molecular formula is C21H33NO3. The summed E-state index contributed by atoms with van der Waals surface area (Å²) in [5.41, 5.74) is 0. The van der Waals surface area contributed by atoms with Crippen molar-refractivity contribution in [1.29, 1.82) is 0 Å². The van der Waals surface area contributed by atoms with Crippen molar-refractivity contribution in [2.75, 3.05) is 0 Å². The van der Waals surface area contributed by atoms with E-state index in [0.29, 0.717) is 12.5 Å². The summed E-state index contributed by atoms with van der Waals surface area (Å²) in [6, 6.07) is 0.565. The Labute approximate surface area is 151 Å². The van der Waals surface area contributed by atoms with Crippen LogP contribution in [0.15, 0.2) is 0 Å². The molecule has 0 aromatic carbocycles. The topological polar surface area (TPSA) is 66.4 Å². The fourth-order valence-electron chi connectivity index (χ4n) is 6.16. The average molecular weight is 347 g/mol. The first kappa shape index (κ1) is 17.7. The van der Waals surface area contributed by atoms with Crippen LogP contribution in [0.1, 0.15) is 71.1 Å². The van der Waals surface area contributed by atoms with Gasteiger partial charge in [-0.1, -0.05) is 19.8 Å². The number of Topliss-reactive ketones (excluding diaryl/α,β-unsaturated/α-hetero) is 2. The Morgan fingerprint density at radius 3 is 2.04 bits per heavy atom. The van der Waals surface area contributed by atoms with Crippen LogP contribution in [0.5, 0.6) is 0 Å². The van der Waals surface area contributed by atoms with Gasteiger partial charge in [0, 0.05) is 29.8 Å². The minimum atomic E-state index is -0.617. The molecule has 0 aliphatic heterocycles. The normalized spacial score (nSPS) is 47.9. The van der Waals surface area contributed by atoms with Crippen molar-refractivity contribution in [1.82, 2.24) is 5.32 Å². The van der Waals surface area contributed by atoms with Crippen LogP contribution >= 0.6 is 0 Å². The maximum atomic E-state index is 13.3. The average Bonchev–Trinajstić information content (AvgIpc) is 2.63. The van der Waals surface area contributed by atoms with E-state index in [4.69, 9.17) is 0 Å². The smallest absolute Gasteiger partial charge is 0.143 e. The lowest BCUT2D eigenvalue weighted by molar-refractivity contribution is -0.158. The van der Waals surface area contributed by atoms with Crippen molar-refractivity contribution in [2.45, 2.75) is 89.3 Å². The summed E-state index contributed by atoms with van der Waals surface area (Å²) in [5.74, 6) is 0.394. The largest absolute Gasteiger partial charge is 0.392 e. The summed E-state index contributed by atoms with van der Waals surface area (Å²) in [7, 11) is 0. The monoisotopic (exact) mass is 347 g/mol. The Morgan fingerprint density at radius 1 is 0.800 bits per heavy atom. The van der Waals surface area contributed by atoms with Gasteiger partial charge in [-0.15, -0.1) is 0 Å². The molecule has 0 radical (unpaired) electrons. The molecule has 4 heteroatoms. The third-order valence-electron chi connectivity index (χ3n) is 7.63. The Kier molecular flexibility index (Phi) is 5.02. The Hall–Kier alpha value is -0.740. The molecule has 0 aromatic heterocycles. The molecule has 6 atom stereocenters. The van der Waals surface area contributed by atoms with Crippen molar-refractivity contribution in [3.8, 4) is 0 Å². The van der Waals surface area contributed by atoms with E-state index >= 15 is 0 Å². The molecule has 0 bridgehead atoms. The van der Waals surface area contributed by atoms with Gasteiger partial charge in [0.2, 0.25) is 0 Å². The van der Waals surface area contributed by atoms with Crippen molar-refractivity contribution >= 4 is 11.6 Å². The van der Waals surface area contributed by atoms with Gasteiger partial charge in [-0.2, -0.15) is 0 Å². The van der Waals surface area contributed by atoms with Crippen LogP contribution in [0.3, 0.4) is 0 Å². The molecule has 4 aliphatic rings. The van der Waals surface area contributed by atoms with Gasteiger partial charge >= 0.3 is 0 Å². The number of carbonyl (C=O) groups is 2. The first-order valence-electron chi connectivity index (χ1n) is 10.6. The molecule has 0 saturated heterocycles. The van der Waals surface area contributed by atoms with Crippen LogP contribution in [-0.4, -0.2) is 34.9 Å². The third-order valence-corrected chi connectivity index (χ3v) is 7.63. The van der Waals surface area contributed by atoms with E-state index in [-0.39, 0.29) is 35.4 Å². The van der Waals surface area contributed by atoms with Gasteiger partial charge in [-0.25, -0.2) is 0 Å². The van der Waals surface area contributed by atoms with Gasteiger partial charge < -0.3 is 10.4 Å². The molecule has 0 amide bonds. The van der Waals surface area contributed by atoms with Crippen LogP contribution < -0.4 is 5.32 Å². The second kappa shape index (κ2) is 7.11. The van der Waals surface area contributed by atoms with Gasteiger partial charge in [0.25, 0.3) is 0 Å². The van der Waals surface area contributed by atoms with Crippen molar-refractivity contribution in [3.05, 3.63) is 0 Å². The molecule has 4 aliphatic carbocycles. The maximum Gasteiger partial charge on any atom is 0.143 e. The summed E-state index contributed by atoms with van der Waals surface area (Å²) in [6.07, 6.45) is 9.55. The molecule has 2 N–H and O–H groups in total. The Balaban J connectivity index is 1.53. The molecule has 4 rings (SSSR count). The van der Waals surface area contributed by atoms with Crippen molar-refractivity contribution in [3.63, 3.8) is 0 Å². The van der Waals surface area contributed by atoms with E-state index in [9.17, 15) is 14.7 Å². The number of carbonyl (C=O) groups excluding carboxylic acids is 2. The van der Waals surface area contributed by atoms with Crippen LogP contribution in [0.25, 0.3) is 0 Å². The van der Waals surface area contributed by atoms with Crippen LogP contribution in [-0.2, 0) is 9.59 Å². The summed E-state index contributed by atoms with van der Waals surface area (Å²) in [4.78, 5) is 26.4. The number of aliphatic hydroxyl groups is 1. The molecule has 4 saturated carbocycles. The molecule has 6 unspecified atom stereocenters. The Morgan fingerprint density at radius 2 is 1.40 bits per heavy atom. The highest BCUT2D eigenvalue weighted by atomic mass is 16.3. The van der Waals surface area contributed by atoms with E-state index in [1.165, 1.54) is 25.7 Å². The van der Waals surface area contributed by atoms with Crippen LogP contribution in [0, 0.1) is 29.6 Å². The molecule has 0 heterocycles. The zero-order chi connectivity index (χ0) is 17.6.